The lowest BCUT2D eigenvalue weighted by Gasteiger charge is -2.34. The molecule has 0 N–H and O–H groups in total. The molecule has 0 radical (unpaired) electrons. The van der Waals surface area contributed by atoms with E-state index in [1.807, 2.05) is 0 Å². The summed E-state index contributed by atoms with van der Waals surface area (Å²) in [7, 11) is 0. The molecule has 8 heteroatoms. The third-order valence-corrected chi connectivity index (χ3v) is 3.82. The predicted molar refractivity (Wildman–Crippen MR) is 70.3 cm³/mol. The second-order valence-corrected chi connectivity index (χ2v) is 5.31. The van der Waals surface area contributed by atoms with Crippen molar-refractivity contribution in [2.45, 2.75) is 32.2 Å². The van der Waals surface area contributed by atoms with Crippen LogP contribution in [0, 0.1) is 6.92 Å². The molecule has 114 valence electrons. The Balaban J connectivity index is 1.71. The van der Waals surface area contributed by atoms with Crippen LogP contribution in [0.25, 0.3) is 0 Å². The summed E-state index contributed by atoms with van der Waals surface area (Å²) in [6.45, 7) is 3.25. The van der Waals surface area contributed by atoms with E-state index in [9.17, 15) is 9.59 Å². The Morgan fingerprint density at radius 3 is 2.90 bits per heavy atom. The van der Waals surface area contributed by atoms with Gasteiger partial charge in [0.05, 0.1) is 6.54 Å². The van der Waals surface area contributed by atoms with Gasteiger partial charge in [0.2, 0.25) is 11.8 Å². The lowest BCUT2D eigenvalue weighted by Crippen LogP contribution is -2.44. The first-order chi connectivity index (χ1) is 10.1. The van der Waals surface area contributed by atoms with Crippen molar-refractivity contribution in [3.8, 4) is 0 Å². The molecule has 0 spiro atoms. The number of hydrogen-bond donors (Lipinski definition) is 0. The summed E-state index contributed by atoms with van der Waals surface area (Å²) < 4.78 is 10.1. The summed E-state index contributed by atoms with van der Waals surface area (Å²) >= 11 is 0. The Labute approximate surface area is 122 Å². The van der Waals surface area contributed by atoms with Gasteiger partial charge in [-0.15, -0.1) is 0 Å². The summed E-state index contributed by atoms with van der Waals surface area (Å²) in [6.07, 6.45) is 2.34. The molecule has 3 heterocycles. The van der Waals surface area contributed by atoms with Crippen molar-refractivity contribution in [1.82, 2.24) is 19.9 Å². The van der Waals surface area contributed by atoms with Crippen LogP contribution in [-0.2, 0) is 9.53 Å². The summed E-state index contributed by atoms with van der Waals surface area (Å²) in [5.41, 5.74) is 0. The maximum absolute atomic E-state index is 12.5. The Morgan fingerprint density at radius 1 is 1.38 bits per heavy atom. The van der Waals surface area contributed by atoms with Crippen molar-refractivity contribution in [2.24, 2.45) is 0 Å². The van der Waals surface area contributed by atoms with Crippen molar-refractivity contribution in [3.05, 3.63) is 11.7 Å². The number of aromatic nitrogens is 2. The number of nitrogens with zero attached hydrogens (tertiary/aromatic N) is 4. The lowest BCUT2D eigenvalue weighted by atomic mass is 10.0. The van der Waals surface area contributed by atoms with Gasteiger partial charge in [0.1, 0.15) is 19.2 Å². The van der Waals surface area contributed by atoms with E-state index in [4.69, 9.17) is 9.26 Å². The van der Waals surface area contributed by atoms with Crippen molar-refractivity contribution in [2.75, 3.05) is 26.2 Å². The first-order valence-corrected chi connectivity index (χ1v) is 7.16. The molecule has 2 amide bonds. The summed E-state index contributed by atoms with van der Waals surface area (Å²) in [5, 5.41) is 3.79. The average Bonchev–Trinajstić information content (AvgIpc) is 3.08. The smallest absolute Gasteiger partial charge is 0.410 e. The zero-order chi connectivity index (χ0) is 14.8. The van der Waals surface area contributed by atoms with Gasteiger partial charge >= 0.3 is 6.09 Å². The quantitative estimate of drug-likeness (QED) is 0.822. The number of amides is 2. The first-order valence-electron chi connectivity index (χ1n) is 7.16. The molecule has 2 saturated heterocycles. The van der Waals surface area contributed by atoms with Crippen LogP contribution in [0.2, 0.25) is 0 Å². The van der Waals surface area contributed by atoms with Gasteiger partial charge in [0.25, 0.3) is 0 Å². The van der Waals surface area contributed by atoms with E-state index >= 15 is 0 Å². The number of ether oxygens (including phenoxy) is 1. The maximum Gasteiger partial charge on any atom is 0.410 e. The number of carbonyl (C=O) groups excluding carboxylic acids is 2. The molecule has 2 fully saturated rings. The number of likely N-dealkylation sites (tertiary alicyclic amines) is 1. The molecular formula is C13H18N4O4. The minimum atomic E-state index is -0.425. The Hall–Kier alpha value is -2.12. The highest BCUT2D eigenvalue weighted by molar-refractivity contribution is 5.83. The topological polar surface area (TPSA) is 88.8 Å². The van der Waals surface area contributed by atoms with Crippen molar-refractivity contribution < 1.29 is 18.8 Å². The van der Waals surface area contributed by atoms with Crippen LogP contribution in [0.3, 0.4) is 0 Å². The van der Waals surface area contributed by atoms with Gasteiger partial charge in [-0.05, 0) is 26.2 Å². The molecule has 0 unspecified atom stereocenters. The molecule has 2 aliphatic rings. The molecule has 0 saturated carbocycles. The highest BCUT2D eigenvalue weighted by Gasteiger charge is 2.34. The van der Waals surface area contributed by atoms with E-state index in [0.717, 1.165) is 19.3 Å². The van der Waals surface area contributed by atoms with E-state index < -0.39 is 6.09 Å². The Bertz CT molecular complexity index is 544. The fourth-order valence-electron chi connectivity index (χ4n) is 2.76. The first kappa shape index (κ1) is 13.8. The van der Waals surface area contributed by atoms with Crippen LogP contribution in [0.4, 0.5) is 4.79 Å². The van der Waals surface area contributed by atoms with Crippen molar-refractivity contribution in [3.63, 3.8) is 0 Å². The minimum absolute atomic E-state index is 0.0441. The predicted octanol–water partition coefficient (Wildman–Crippen LogP) is 0.884. The van der Waals surface area contributed by atoms with Crippen LogP contribution in [0.5, 0.6) is 0 Å². The Morgan fingerprint density at radius 2 is 2.24 bits per heavy atom. The molecule has 0 bridgehead atoms. The van der Waals surface area contributed by atoms with Crippen LogP contribution < -0.4 is 0 Å². The lowest BCUT2D eigenvalue weighted by molar-refractivity contribution is -0.136. The zero-order valence-corrected chi connectivity index (χ0v) is 11.9. The number of rotatable bonds is 3. The van der Waals surface area contributed by atoms with Crippen LogP contribution >= 0.6 is 0 Å². The minimum Gasteiger partial charge on any atom is -0.448 e. The van der Waals surface area contributed by atoms with Crippen LogP contribution in [0.15, 0.2) is 4.52 Å². The van der Waals surface area contributed by atoms with Gasteiger partial charge in [-0.25, -0.2) is 4.79 Å². The van der Waals surface area contributed by atoms with E-state index in [0.29, 0.717) is 31.4 Å². The standard InChI is InChI=1S/C13H18N4O4/c1-9-14-12(21-15-9)10-4-2-3-5-17(10)11(18)8-16-6-7-20-13(16)19/h10H,2-8H2,1H3/t10-/m1/s1. The van der Waals surface area contributed by atoms with Crippen molar-refractivity contribution in [1.29, 1.82) is 0 Å². The molecule has 3 rings (SSSR count). The van der Waals surface area contributed by atoms with Gasteiger partial charge in [-0.3, -0.25) is 9.69 Å². The SMILES string of the molecule is Cc1noc([C@H]2CCCCN2C(=O)CN2CCOC2=O)n1. The second kappa shape index (κ2) is 5.71. The largest absolute Gasteiger partial charge is 0.448 e. The normalized spacial score (nSPS) is 22.5. The summed E-state index contributed by atoms with van der Waals surface area (Å²) in [4.78, 5) is 31.3. The van der Waals surface area contributed by atoms with Gasteiger partial charge < -0.3 is 14.2 Å². The van der Waals surface area contributed by atoms with E-state index in [1.165, 1.54) is 4.90 Å². The molecule has 8 nitrogen and oxygen atoms in total. The molecule has 21 heavy (non-hydrogen) atoms. The molecular weight excluding hydrogens is 276 g/mol. The molecule has 0 aromatic carbocycles. The fourth-order valence-corrected chi connectivity index (χ4v) is 2.76. The third-order valence-electron chi connectivity index (χ3n) is 3.82. The summed E-state index contributed by atoms with van der Waals surface area (Å²) in [5.74, 6) is 0.935. The van der Waals surface area contributed by atoms with E-state index in [-0.39, 0.29) is 18.5 Å². The number of hydrogen-bond acceptors (Lipinski definition) is 6. The van der Waals surface area contributed by atoms with Gasteiger partial charge in [0.15, 0.2) is 5.82 Å². The molecule has 1 aromatic heterocycles. The number of aryl methyl sites for hydroxylation is 1. The highest BCUT2D eigenvalue weighted by atomic mass is 16.6. The monoisotopic (exact) mass is 294 g/mol. The second-order valence-electron chi connectivity index (χ2n) is 5.31. The third kappa shape index (κ3) is 2.84. The van der Waals surface area contributed by atoms with E-state index in [2.05, 4.69) is 10.1 Å². The Kier molecular flexibility index (Phi) is 3.76. The van der Waals surface area contributed by atoms with Crippen molar-refractivity contribution >= 4 is 12.0 Å². The van der Waals surface area contributed by atoms with Crippen LogP contribution in [0.1, 0.15) is 37.0 Å². The number of piperidine rings is 1. The zero-order valence-electron chi connectivity index (χ0n) is 11.9. The van der Waals surface area contributed by atoms with Gasteiger partial charge in [0, 0.05) is 6.54 Å². The number of cyclic esters (lactones) is 1. The molecule has 1 atom stereocenters. The number of carbonyl (C=O) groups is 2. The molecule has 1 aromatic rings. The fraction of sp³-hybridized carbons (Fsp3) is 0.692. The van der Waals surface area contributed by atoms with E-state index in [1.54, 1.807) is 11.8 Å². The van der Waals surface area contributed by atoms with Gasteiger partial charge in [-0.1, -0.05) is 5.16 Å². The molecule has 2 aliphatic heterocycles. The van der Waals surface area contributed by atoms with Gasteiger partial charge in [-0.2, -0.15) is 4.98 Å². The molecule has 0 aliphatic carbocycles. The summed E-state index contributed by atoms with van der Waals surface area (Å²) in [6, 6.07) is -0.189. The van der Waals surface area contributed by atoms with Crippen LogP contribution in [-0.4, -0.2) is 58.2 Å². The highest BCUT2D eigenvalue weighted by Crippen LogP contribution is 2.30. The average molecular weight is 294 g/mol. The maximum atomic E-state index is 12.5.